The average Bonchev–Trinajstić information content (AvgIpc) is 2.20. The number of hydrogen-bond acceptors (Lipinski definition) is 4. The third-order valence-electron chi connectivity index (χ3n) is 0.524. The number of rotatable bonds is 0. The van der Waals surface area contributed by atoms with Crippen LogP contribution in [0.3, 0.4) is 0 Å². The quantitative estimate of drug-likeness (QED) is 0.693. The van der Waals surface area contributed by atoms with Crippen molar-refractivity contribution in [3.8, 4) is 0 Å². The van der Waals surface area contributed by atoms with Crippen LogP contribution in [0.25, 0.3) is 0 Å². The first-order valence-electron chi connectivity index (χ1n) is 1.93. The number of aryl methyl sites for hydroxylation is 1. The SMILES string of the molecule is Cn1nnc(N)n1.II. The zero-order valence-corrected chi connectivity index (χ0v) is 8.94. The van der Waals surface area contributed by atoms with Crippen molar-refractivity contribution in [1.29, 1.82) is 0 Å². The second-order valence-corrected chi connectivity index (χ2v) is 1.14. The molecule has 2 N–H and O–H groups in total. The molecule has 7 heteroatoms. The Labute approximate surface area is 75.7 Å². The van der Waals surface area contributed by atoms with Crippen LogP contribution in [0.15, 0.2) is 0 Å². The maximum atomic E-state index is 5.07. The summed E-state index contributed by atoms with van der Waals surface area (Å²) in [5.74, 6) is 0.211. The Morgan fingerprint density at radius 1 is 1.56 bits per heavy atom. The number of halogens is 2. The van der Waals surface area contributed by atoms with Crippen LogP contribution in [-0.4, -0.2) is 20.2 Å². The molecule has 0 aromatic carbocycles. The van der Waals surface area contributed by atoms with Crippen molar-refractivity contribution in [3.63, 3.8) is 0 Å². The molecule has 0 aliphatic heterocycles. The smallest absolute Gasteiger partial charge is 0.260 e. The minimum Gasteiger partial charge on any atom is -0.365 e. The molecule has 1 aromatic rings. The van der Waals surface area contributed by atoms with Crippen molar-refractivity contribution in [2.45, 2.75) is 0 Å². The third kappa shape index (κ3) is 3.83. The lowest BCUT2D eigenvalue weighted by Crippen LogP contribution is -1.92. The minimum absolute atomic E-state index is 0.211. The molecule has 0 amide bonds. The molecule has 0 radical (unpaired) electrons. The highest BCUT2D eigenvalue weighted by molar-refractivity contribution is 15.0. The molecule has 0 unspecified atom stereocenters. The van der Waals surface area contributed by atoms with Crippen molar-refractivity contribution >= 4 is 43.2 Å². The number of tetrazole rings is 1. The van der Waals surface area contributed by atoms with Crippen LogP contribution in [0.1, 0.15) is 0 Å². The maximum Gasteiger partial charge on any atom is 0.260 e. The molecular weight excluding hydrogens is 348 g/mol. The van der Waals surface area contributed by atoms with Gasteiger partial charge in [0, 0.05) is 37.2 Å². The van der Waals surface area contributed by atoms with Crippen molar-refractivity contribution in [2.24, 2.45) is 7.05 Å². The minimum atomic E-state index is 0.211. The van der Waals surface area contributed by atoms with Crippen LogP contribution in [0.4, 0.5) is 5.95 Å². The number of anilines is 1. The molecule has 1 aromatic heterocycles. The van der Waals surface area contributed by atoms with Gasteiger partial charge in [-0.2, -0.15) is 4.80 Å². The molecule has 0 aliphatic carbocycles. The van der Waals surface area contributed by atoms with Crippen molar-refractivity contribution in [1.82, 2.24) is 20.2 Å². The Balaban J connectivity index is 0.000000291. The Kier molecular flexibility index (Phi) is 5.33. The second kappa shape index (κ2) is 5.14. The van der Waals surface area contributed by atoms with Gasteiger partial charge < -0.3 is 5.73 Å². The molecule has 1 heterocycles. The first-order chi connectivity index (χ1) is 4.29. The molecule has 0 saturated heterocycles. The summed E-state index contributed by atoms with van der Waals surface area (Å²) in [6.07, 6.45) is 0. The van der Waals surface area contributed by atoms with Gasteiger partial charge in [0.15, 0.2) is 0 Å². The number of aromatic nitrogens is 4. The van der Waals surface area contributed by atoms with Crippen LogP contribution in [0.2, 0.25) is 0 Å². The largest absolute Gasteiger partial charge is 0.365 e. The van der Waals surface area contributed by atoms with Gasteiger partial charge in [0.1, 0.15) is 0 Å². The lowest BCUT2D eigenvalue weighted by Gasteiger charge is -1.73. The van der Waals surface area contributed by atoms with E-state index in [1.165, 1.54) is 4.80 Å². The number of nitrogens with zero attached hydrogens (tertiary/aromatic N) is 4. The Bertz CT molecular complexity index is 145. The molecule has 0 bridgehead atoms. The Morgan fingerprint density at radius 3 is 2.22 bits per heavy atom. The van der Waals surface area contributed by atoms with Gasteiger partial charge in [-0.1, -0.05) is 5.10 Å². The van der Waals surface area contributed by atoms with E-state index in [4.69, 9.17) is 5.73 Å². The maximum absolute atomic E-state index is 5.07. The summed E-state index contributed by atoms with van der Waals surface area (Å²) < 4.78 is 0. The lowest BCUT2D eigenvalue weighted by molar-refractivity contribution is 0.630. The first kappa shape index (κ1) is 9.33. The van der Waals surface area contributed by atoms with E-state index in [9.17, 15) is 0 Å². The molecular formula is C2H5I2N5. The van der Waals surface area contributed by atoms with Gasteiger partial charge in [-0.15, -0.1) is 5.10 Å². The summed E-state index contributed by atoms with van der Waals surface area (Å²) in [5, 5.41) is 10.4. The van der Waals surface area contributed by atoms with Gasteiger partial charge in [-0.05, 0) is 5.21 Å². The molecule has 0 spiro atoms. The van der Waals surface area contributed by atoms with E-state index >= 15 is 0 Å². The molecule has 9 heavy (non-hydrogen) atoms. The molecule has 1 rings (SSSR count). The van der Waals surface area contributed by atoms with Crippen molar-refractivity contribution in [3.05, 3.63) is 0 Å². The van der Waals surface area contributed by atoms with Crippen LogP contribution in [0, 0.1) is 0 Å². The number of nitrogens with two attached hydrogens (primary N) is 1. The normalized spacial score (nSPS) is 7.89. The highest BCUT2D eigenvalue weighted by atomic mass is 128. The topological polar surface area (TPSA) is 69.6 Å². The summed E-state index contributed by atoms with van der Waals surface area (Å²) in [6, 6.07) is 0. The number of hydrogen-bond donors (Lipinski definition) is 1. The first-order valence-corrected chi connectivity index (χ1v) is 8.21. The van der Waals surface area contributed by atoms with Crippen LogP contribution in [0.5, 0.6) is 0 Å². The van der Waals surface area contributed by atoms with Gasteiger partial charge in [-0.25, -0.2) is 0 Å². The van der Waals surface area contributed by atoms with E-state index in [2.05, 4.69) is 52.6 Å². The molecule has 0 atom stereocenters. The monoisotopic (exact) mass is 353 g/mol. The van der Waals surface area contributed by atoms with Crippen LogP contribution in [-0.2, 0) is 7.05 Å². The van der Waals surface area contributed by atoms with E-state index in [0.29, 0.717) is 0 Å². The van der Waals surface area contributed by atoms with E-state index in [1.807, 2.05) is 0 Å². The van der Waals surface area contributed by atoms with Crippen molar-refractivity contribution in [2.75, 3.05) is 5.73 Å². The molecule has 0 aliphatic rings. The fraction of sp³-hybridized carbons (Fsp3) is 0.500. The standard InChI is InChI=1S/C2H5N5.I2/c1-7-5-2(3)4-6-7;1-2/h1H3,(H2,3,5);. The van der Waals surface area contributed by atoms with E-state index < -0.39 is 0 Å². The highest BCUT2D eigenvalue weighted by Gasteiger charge is 1.86. The van der Waals surface area contributed by atoms with Crippen LogP contribution >= 0.6 is 37.2 Å². The average molecular weight is 353 g/mol. The Morgan fingerprint density at radius 2 is 2.11 bits per heavy atom. The predicted octanol–water partition coefficient (Wildman–Crippen LogP) is 0.564. The Hall–Kier alpha value is 0.330. The third-order valence-corrected chi connectivity index (χ3v) is 0.524. The van der Waals surface area contributed by atoms with E-state index in [-0.39, 0.29) is 5.95 Å². The summed E-state index contributed by atoms with van der Waals surface area (Å²) in [5.41, 5.74) is 5.07. The van der Waals surface area contributed by atoms with Gasteiger partial charge in [0.25, 0.3) is 5.95 Å². The van der Waals surface area contributed by atoms with Gasteiger partial charge in [0.05, 0.1) is 7.05 Å². The van der Waals surface area contributed by atoms with Gasteiger partial charge in [-0.3, -0.25) is 0 Å². The summed E-state index contributed by atoms with van der Waals surface area (Å²) >= 11 is 4.24. The molecule has 0 fully saturated rings. The predicted molar refractivity (Wildman–Crippen MR) is 51.3 cm³/mol. The van der Waals surface area contributed by atoms with Gasteiger partial charge in [0.2, 0.25) is 0 Å². The zero-order valence-electron chi connectivity index (χ0n) is 4.62. The lowest BCUT2D eigenvalue weighted by atomic mass is 11.2. The van der Waals surface area contributed by atoms with E-state index in [0.717, 1.165) is 0 Å². The van der Waals surface area contributed by atoms with E-state index in [1.54, 1.807) is 7.05 Å². The van der Waals surface area contributed by atoms with Gasteiger partial charge >= 0.3 is 0 Å². The van der Waals surface area contributed by atoms with Crippen molar-refractivity contribution < 1.29 is 0 Å². The second-order valence-electron chi connectivity index (χ2n) is 1.14. The molecule has 52 valence electrons. The fourth-order valence-electron chi connectivity index (χ4n) is 0.299. The highest BCUT2D eigenvalue weighted by Crippen LogP contribution is 1.89. The fourth-order valence-corrected chi connectivity index (χ4v) is 0.299. The number of nitrogen functional groups attached to an aromatic ring is 1. The molecule has 5 nitrogen and oxygen atoms in total. The summed E-state index contributed by atoms with van der Waals surface area (Å²) in [7, 11) is 1.66. The van der Waals surface area contributed by atoms with Crippen LogP contribution < -0.4 is 5.73 Å². The molecule has 0 saturated carbocycles. The zero-order chi connectivity index (χ0) is 7.28. The summed E-state index contributed by atoms with van der Waals surface area (Å²) in [4.78, 5) is 1.30. The summed E-state index contributed by atoms with van der Waals surface area (Å²) in [6.45, 7) is 0.